The highest BCUT2D eigenvalue weighted by molar-refractivity contribution is 5.70. The summed E-state index contributed by atoms with van der Waals surface area (Å²) in [7, 11) is 0. The average Bonchev–Trinajstić information content (AvgIpc) is 3.41. The van der Waals surface area contributed by atoms with Crippen molar-refractivity contribution in [3.05, 3.63) is 72.1 Å². The van der Waals surface area contributed by atoms with Gasteiger partial charge in [0.25, 0.3) is 0 Å². The lowest BCUT2D eigenvalue weighted by Gasteiger charge is -2.09. The van der Waals surface area contributed by atoms with Crippen LogP contribution in [0, 0.1) is 5.82 Å². The van der Waals surface area contributed by atoms with Crippen molar-refractivity contribution in [3.8, 4) is 16.9 Å². The summed E-state index contributed by atoms with van der Waals surface area (Å²) in [6.07, 6.45) is 4.38. The lowest BCUT2D eigenvalue weighted by Crippen LogP contribution is -2.11. The van der Waals surface area contributed by atoms with Crippen LogP contribution < -0.4 is 5.73 Å². The van der Waals surface area contributed by atoms with Gasteiger partial charge in [-0.25, -0.2) is 9.37 Å². The van der Waals surface area contributed by atoms with Crippen LogP contribution in [-0.2, 0) is 6.61 Å². The molecule has 4 rings (SSSR count). The van der Waals surface area contributed by atoms with E-state index >= 15 is 0 Å². The Morgan fingerprint density at radius 2 is 2.15 bits per heavy atom. The minimum Gasteiger partial charge on any atom is -0.390 e. The maximum Gasteiger partial charge on any atom is 0.160 e. The molecule has 8 nitrogen and oxygen atoms in total. The zero-order valence-electron chi connectivity index (χ0n) is 13.4. The Morgan fingerprint density at radius 3 is 2.88 bits per heavy atom. The molecule has 3 aromatic heterocycles. The number of aromatic nitrogens is 4. The topological polar surface area (TPSA) is 116 Å². The maximum absolute atomic E-state index is 14.5. The van der Waals surface area contributed by atoms with Gasteiger partial charge in [-0.2, -0.15) is 0 Å². The highest BCUT2D eigenvalue weighted by Gasteiger charge is 2.21. The molecule has 9 heteroatoms. The predicted octanol–water partition coefficient (Wildman–Crippen LogP) is 2.19. The number of hydrogen-bond donors (Lipinski definition) is 2. The fourth-order valence-electron chi connectivity index (χ4n) is 2.64. The Balaban J connectivity index is 1.76. The second-order valence-electron chi connectivity index (χ2n) is 5.58. The molecule has 4 aromatic rings. The standard InChI is InChI=1S/C17H14FN5O3/c18-12-3-1-2-11(17(12)23-7-10(8-24)20-9-23)14-6-15(26-22-14)16(19)13-4-5-25-21-13/h1-7,9,16,24H,8,19H2. The Bertz CT molecular complexity index is 1020. The Hall–Kier alpha value is -3.30. The van der Waals surface area contributed by atoms with Gasteiger partial charge in [0, 0.05) is 23.9 Å². The molecular formula is C17H14FN5O3. The van der Waals surface area contributed by atoms with Gasteiger partial charge >= 0.3 is 0 Å². The van der Waals surface area contributed by atoms with Crippen LogP contribution >= 0.6 is 0 Å². The SMILES string of the molecule is NC(c1ccon1)c1cc(-c2cccc(F)c2-n2cnc(CO)c2)no1. The van der Waals surface area contributed by atoms with Crippen LogP contribution in [0.25, 0.3) is 16.9 Å². The first-order valence-electron chi connectivity index (χ1n) is 7.73. The number of para-hydroxylation sites is 1. The number of benzene rings is 1. The summed E-state index contributed by atoms with van der Waals surface area (Å²) in [5.74, 6) is -0.0967. The van der Waals surface area contributed by atoms with Gasteiger partial charge in [0.2, 0.25) is 0 Å². The van der Waals surface area contributed by atoms with E-state index in [0.717, 1.165) is 0 Å². The van der Waals surface area contributed by atoms with E-state index in [1.54, 1.807) is 30.5 Å². The van der Waals surface area contributed by atoms with E-state index in [4.69, 9.17) is 14.8 Å². The minimum atomic E-state index is -0.652. The molecule has 1 unspecified atom stereocenters. The summed E-state index contributed by atoms with van der Waals surface area (Å²) in [5, 5.41) is 17.0. The van der Waals surface area contributed by atoms with Gasteiger partial charge in [0.15, 0.2) is 5.76 Å². The third-order valence-electron chi connectivity index (χ3n) is 3.93. The molecule has 132 valence electrons. The summed E-state index contributed by atoms with van der Waals surface area (Å²) in [5.41, 5.74) is 8.15. The molecule has 0 amide bonds. The summed E-state index contributed by atoms with van der Waals surface area (Å²) in [4.78, 5) is 4.02. The fourth-order valence-corrected chi connectivity index (χ4v) is 2.64. The molecule has 1 aromatic carbocycles. The number of imidazole rings is 1. The lowest BCUT2D eigenvalue weighted by atomic mass is 10.1. The highest BCUT2D eigenvalue weighted by atomic mass is 19.1. The van der Waals surface area contributed by atoms with Gasteiger partial charge in [-0.3, -0.25) is 0 Å². The van der Waals surface area contributed by atoms with E-state index in [1.165, 1.54) is 23.2 Å². The van der Waals surface area contributed by atoms with Gasteiger partial charge in [0.1, 0.15) is 29.5 Å². The van der Waals surface area contributed by atoms with Crippen LogP contribution in [0.4, 0.5) is 4.39 Å². The Kier molecular flexibility index (Phi) is 4.07. The Labute approximate surface area is 146 Å². The molecule has 0 fully saturated rings. The monoisotopic (exact) mass is 355 g/mol. The van der Waals surface area contributed by atoms with Crippen molar-refractivity contribution in [1.82, 2.24) is 19.9 Å². The third kappa shape index (κ3) is 2.79. The fraction of sp³-hybridized carbons (Fsp3) is 0.118. The van der Waals surface area contributed by atoms with Gasteiger partial charge in [-0.1, -0.05) is 22.4 Å². The predicted molar refractivity (Wildman–Crippen MR) is 87.5 cm³/mol. The van der Waals surface area contributed by atoms with Crippen LogP contribution in [0.2, 0.25) is 0 Å². The van der Waals surface area contributed by atoms with Crippen molar-refractivity contribution in [2.45, 2.75) is 12.6 Å². The normalized spacial score (nSPS) is 12.4. The van der Waals surface area contributed by atoms with Gasteiger partial charge < -0.3 is 24.5 Å². The molecule has 3 heterocycles. The summed E-state index contributed by atoms with van der Waals surface area (Å²) in [6, 6.07) is 7.22. The molecule has 1 atom stereocenters. The molecule has 26 heavy (non-hydrogen) atoms. The zero-order valence-corrected chi connectivity index (χ0v) is 13.4. The number of nitrogens with zero attached hydrogens (tertiary/aromatic N) is 4. The number of rotatable bonds is 5. The number of halogens is 1. The molecule has 0 saturated heterocycles. The molecule has 0 saturated carbocycles. The molecule has 0 aliphatic heterocycles. The van der Waals surface area contributed by atoms with Crippen molar-refractivity contribution in [2.24, 2.45) is 5.73 Å². The average molecular weight is 355 g/mol. The van der Waals surface area contributed by atoms with Gasteiger partial charge in [-0.05, 0) is 6.07 Å². The number of hydrogen-bond acceptors (Lipinski definition) is 7. The largest absolute Gasteiger partial charge is 0.390 e. The second-order valence-corrected chi connectivity index (χ2v) is 5.58. The van der Waals surface area contributed by atoms with Gasteiger partial charge in [-0.15, -0.1) is 0 Å². The Morgan fingerprint density at radius 1 is 1.27 bits per heavy atom. The van der Waals surface area contributed by atoms with Crippen LogP contribution in [-0.4, -0.2) is 25.0 Å². The van der Waals surface area contributed by atoms with Crippen molar-refractivity contribution in [3.63, 3.8) is 0 Å². The molecule has 0 radical (unpaired) electrons. The minimum absolute atomic E-state index is 0.239. The first-order valence-corrected chi connectivity index (χ1v) is 7.73. The van der Waals surface area contributed by atoms with Crippen LogP contribution in [0.5, 0.6) is 0 Å². The summed E-state index contributed by atoms with van der Waals surface area (Å²) >= 11 is 0. The van der Waals surface area contributed by atoms with E-state index in [2.05, 4.69) is 15.3 Å². The smallest absolute Gasteiger partial charge is 0.160 e. The van der Waals surface area contributed by atoms with Crippen molar-refractivity contribution < 1.29 is 18.5 Å². The van der Waals surface area contributed by atoms with Gasteiger partial charge in [0.05, 0.1) is 24.3 Å². The molecule has 0 bridgehead atoms. The molecular weight excluding hydrogens is 341 g/mol. The summed E-state index contributed by atoms with van der Waals surface area (Å²) in [6.45, 7) is -0.239. The third-order valence-corrected chi connectivity index (χ3v) is 3.93. The maximum atomic E-state index is 14.5. The van der Waals surface area contributed by atoms with Crippen molar-refractivity contribution in [2.75, 3.05) is 0 Å². The number of aliphatic hydroxyl groups excluding tert-OH is 1. The molecule has 0 aliphatic rings. The highest BCUT2D eigenvalue weighted by Crippen LogP contribution is 2.30. The van der Waals surface area contributed by atoms with E-state index in [0.29, 0.717) is 28.4 Å². The number of aliphatic hydroxyl groups is 1. The quantitative estimate of drug-likeness (QED) is 0.563. The van der Waals surface area contributed by atoms with Crippen molar-refractivity contribution in [1.29, 1.82) is 0 Å². The van der Waals surface area contributed by atoms with Crippen LogP contribution in [0.15, 0.2) is 58.2 Å². The zero-order chi connectivity index (χ0) is 18.1. The summed E-state index contributed by atoms with van der Waals surface area (Å²) < 4.78 is 26.1. The first kappa shape index (κ1) is 16.2. The van der Waals surface area contributed by atoms with Crippen LogP contribution in [0.3, 0.4) is 0 Å². The van der Waals surface area contributed by atoms with E-state index in [9.17, 15) is 9.50 Å². The number of nitrogens with two attached hydrogens (primary N) is 1. The van der Waals surface area contributed by atoms with E-state index in [-0.39, 0.29) is 12.3 Å². The van der Waals surface area contributed by atoms with Crippen molar-refractivity contribution >= 4 is 0 Å². The molecule has 0 aliphatic carbocycles. The molecule has 0 spiro atoms. The second kappa shape index (κ2) is 6.54. The van der Waals surface area contributed by atoms with E-state index in [1.807, 2.05) is 0 Å². The van der Waals surface area contributed by atoms with Crippen LogP contribution in [0.1, 0.15) is 23.2 Å². The lowest BCUT2D eigenvalue weighted by molar-refractivity contribution is 0.277. The molecule has 3 N–H and O–H groups in total. The van der Waals surface area contributed by atoms with E-state index < -0.39 is 11.9 Å². The first-order chi connectivity index (χ1) is 12.7.